The van der Waals surface area contributed by atoms with Gasteiger partial charge in [0.25, 0.3) is 10.0 Å². The van der Waals surface area contributed by atoms with Crippen LogP contribution in [0, 0.1) is 6.92 Å². The zero-order chi connectivity index (χ0) is 15.5. The third-order valence-electron chi connectivity index (χ3n) is 3.66. The minimum absolute atomic E-state index is 0.150. The Labute approximate surface area is 129 Å². The van der Waals surface area contributed by atoms with Crippen LogP contribution in [0.2, 0.25) is 0 Å². The number of H-pyrrole nitrogens is 1. The van der Waals surface area contributed by atoms with Crippen LogP contribution in [0.1, 0.15) is 38.3 Å². The van der Waals surface area contributed by atoms with E-state index in [9.17, 15) is 13.2 Å². The van der Waals surface area contributed by atoms with Crippen molar-refractivity contribution in [2.75, 3.05) is 19.6 Å². The predicted octanol–water partition coefficient (Wildman–Crippen LogP) is 1.29. The van der Waals surface area contributed by atoms with Gasteiger partial charge in [0, 0.05) is 24.8 Å². The molecule has 1 aromatic rings. The van der Waals surface area contributed by atoms with E-state index in [2.05, 4.69) is 10.3 Å². The summed E-state index contributed by atoms with van der Waals surface area (Å²) >= 11 is 0.776. The van der Waals surface area contributed by atoms with Gasteiger partial charge in [-0.25, -0.2) is 8.42 Å². The van der Waals surface area contributed by atoms with E-state index in [0.29, 0.717) is 18.8 Å². The third kappa shape index (κ3) is 3.94. The van der Waals surface area contributed by atoms with Gasteiger partial charge in [0.1, 0.15) is 0 Å². The van der Waals surface area contributed by atoms with Crippen molar-refractivity contribution < 1.29 is 8.42 Å². The van der Waals surface area contributed by atoms with Crippen molar-refractivity contribution >= 4 is 21.4 Å². The van der Waals surface area contributed by atoms with Crippen LogP contribution in [0.5, 0.6) is 0 Å². The molecular formula is C13H23N3O3S2. The van der Waals surface area contributed by atoms with Crippen molar-refractivity contribution in [2.24, 2.45) is 0 Å². The number of thiazole rings is 1. The number of rotatable bonds is 6. The van der Waals surface area contributed by atoms with Gasteiger partial charge in [-0.3, -0.25) is 4.79 Å². The molecule has 1 aliphatic rings. The second-order valence-corrected chi connectivity index (χ2v) is 8.55. The molecule has 0 amide bonds. The fourth-order valence-electron chi connectivity index (χ4n) is 2.64. The number of hydrogen-bond donors (Lipinski definition) is 2. The number of hydrogen-bond acceptors (Lipinski definition) is 5. The molecule has 2 N–H and O–H groups in total. The summed E-state index contributed by atoms with van der Waals surface area (Å²) < 4.78 is 27.2. The quantitative estimate of drug-likeness (QED) is 0.822. The largest absolute Gasteiger partial charge is 0.315 e. The van der Waals surface area contributed by atoms with Crippen molar-refractivity contribution in [3.63, 3.8) is 0 Å². The van der Waals surface area contributed by atoms with Gasteiger partial charge >= 0.3 is 4.87 Å². The number of nitrogens with zero attached hydrogens (tertiary/aromatic N) is 1. The van der Waals surface area contributed by atoms with Crippen molar-refractivity contribution in [3.8, 4) is 0 Å². The van der Waals surface area contributed by atoms with Crippen molar-refractivity contribution in [1.29, 1.82) is 0 Å². The molecule has 1 aromatic heterocycles. The summed E-state index contributed by atoms with van der Waals surface area (Å²) in [6, 6.07) is 0.205. The first kappa shape index (κ1) is 16.7. The predicted molar refractivity (Wildman–Crippen MR) is 84.4 cm³/mol. The van der Waals surface area contributed by atoms with Gasteiger partial charge in [-0.05, 0) is 32.7 Å². The molecule has 0 bridgehead atoms. The fraction of sp³-hybridized carbons (Fsp3) is 0.769. The zero-order valence-electron chi connectivity index (χ0n) is 12.5. The number of nitrogens with one attached hydrogen (secondary N) is 2. The normalized spacial score (nSPS) is 20.0. The molecule has 0 aromatic carbocycles. The molecule has 0 radical (unpaired) electrons. The minimum atomic E-state index is -3.59. The molecular weight excluding hydrogens is 310 g/mol. The third-order valence-corrected chi connectivity index (χ3v) is 7.11. The van der Waals surface area contributed by atoms with Gasteiger partial charge in [-0.1, -0.05) is 24.7 Å². The summed E-state index contributed by atoms with van der Waals surface area (Å²) in [4.78, 5) is 13.6. The first-order valence-electron chi connectivity index (χ1n) is 7.38. The van der Waals surface area contributed by atoms with Crippen LogP contribution >= 0.6 is 11.3 Å². The maximum atomic E-state index is 12.8. The van der Waals surface area contributed by atoms with Crippen molar-refractivity contribution in [1.82, 2.24) is 14.6 Å². The van der Waals surface area contributed by atoms with E-state index < -0.39 is 10.0 Å². The van der Waals surface area contributed by atoms with Gasteiger partial charge in [-0.2, -0.15) is 4.31 Å². The molecule has 0 aliphatic carbocycles. The molecule has 2 rings (SSSR count). The number of piperidine rings is 1. The Bertz CT molecular complexity index is 615. The van der Waals surface area contributed by atoms with E-state index in [4.69, 9.17) is 0 Å². The Balaban J connectivity index is 2.23. The first-order valence-corrected chi connectivity index (χ1v) is 9.64. The highest BCUT2D eigenvalue weighted by atomic mass is 32.2. The molecule has 1 unspecified atom stereocenters. The van der Waals surface area contributed by atoms with Crippen molar-refractivity contribution in [3.05, 3.63) is 15.4 Å². The molecule has 0 saturated carbocycles. The van der Waals surface area contributed by atoms with Crippen LogP contribution in [0.3, 0.4) is 0 Å². The lowest BCUT2D eigenvalue weighted by atomic mass is 10.1. The second kappa shape index (κ2) is 7.04. The van der Waals surface area contributed by atoms with Crippen LogP contribution in [0.15, 0.2) is 9.00 Å². The first-order chi connectivity index (χ1) is 9.95. The number of aryl methyl sites for hydroxylation is 1. The molecule has 8 heteroatoms. The van der Waals surface area contributed by atoms with E-state index >= 15 is 0 Å². The highest BCUT2D eigenvalue weighted by Gasteiger charge is 2.30. The lowest BCUT2D eigenvalue weighted by Crippen LogP contribution is -2.45. The fourth-order valence-corrected chi connectivity index (χ4v) is 5.65. The number of aromatic nitrogens is 1. The summed E-state index contributed by atoms with van der Waals surface area (Å²) in [5.41, 5.74) is 0.433. The molecule has 2 heterocycles. The Morgan fingerprint density at radius 1 is 1.38 bits per heavy atom. The average Bonchev–Trinajstić information content (AvgIpc) is 2.79. The summed E-state index contributed by atoms with van der Waals surface area (Å²) in [7, 11) is -3.59. The summed E-state index contributed by atoms with van der Waals surface area (Å²) in [6.45, 7) is 5.49. The van der Waals surface area contributed by atoms with E-state index in [1.54, 1.807) is 6.92 Å². The van der Waals surface area contributed by atoms with E-state index in [0.717, 1.165) is 43.6 Å². The molecule has 1 saturated heterocycles. The van der Waals surface area contributed by atoms with Crippen LogP contribution in [0.25, 0.3) is 0 Å². The lowest BCUT2D eigenvalue weighted by Gasteiger charge is -2.29. The summed E-state index contributed by atoms with van der Waals surface area (Å²) in [5.74, 6) is 0. The monoisotopic (exact) mass is 333 g/mol. The molecule has 1 atom stereocenters. The van der Waals surface area contributed by atoms with E-state index in [1.165, 1.54) is 4.31 Å². The maximum absolute atomic E-state index is 12.8. The Morgan fingerprint density at radius 3 is 2.67 bits per heavy atom. The Morgan fingerprint density at radius 2 is 2.14 bits per heavy atom. The van der Waals surface area contributed by atoms with E-state index in [1.807, 2.05) is 6.92 Å². The summed E-state index contributed by atoms with van der Waals surface area (Å²) in [6.07, 6.45) is 4.03. The molecule has 0 spiro atoms. The highest BCUT2D eigenvalue weighted by molar-refractivity contribution is 7.91. The van der Waals surface area contributed by atoms with Crippen LogP contribution in [0.4, 0.5) is 0 Å². The van der Waals surface area contributed by atoms with Crippen molar-refractivity contribution in [2.45, 2.75) is 49.8 Å². The standard InChI is InChI=1S/C13H23N3O3S2/c1-3-8-16(9-11-6-4-5-7-14-11)21(18,19)12-10(2)15-13(17)20-12/h11,14H,3-9H2,1-2H3,(H,15,17). The van der Waals surface area contributed by atoms with Gasteiger partial charge in [0.05, 0.1) is 0 Å². The smallest absolute Gasteiger partial charge is 0.305 e. The van der Waals surface area contributed by atoms with Gasteiger partial charge in [-0.15, -0.1) is 0 Å². The summed E-state index contributed by atoms with van der Waals surface area (Å²) in [5, 5.41) is 3.38. The van der Waals surface area contributed by atoms with Crippen LogP contribution in [-0.2, 0) is 10.0 Å². The van der Waals surface area contributed by atoms with Gasteiger partial charge in [0.2, 0.25) is 0 Å². The lowest BCUT2D eigenvalue weighted by molar-refractivity contribution is 0.313. The zero-order valence-corrected chi connectivity index (χ0v) is 14.1. The molecule has 1 aliphatic heterocycles. The van der Waals surface area contributed by atoms with Gasteiger partial charge < -0.3 is 10.3 Å². The highest BCUT2D eigenvalue weighted by Crippen LogP contribution is 2.22. The number of sulfonamides is 1. The second-order valence-electron chi connectivity index (χ2n) is 5.44. The van der Waals surface area contributed by atoms with Crippen LogP contribution < -0.4 is 10.2 Å². The SMILES string of the molecule is CCCN(CC1CCCCN1)S(=O)(=O)c1sc(=O)[nH]c1C. The maximum Gasteiger partial charge on any atom is 0.305 e. The van der Waals surface area contributed by atoms with Crippen LogP contribution in [-0.4, -0.2) is 43.4 Å². The molecule has 21 heavy (non-hydrogen) atoms. The van der Waals surface area contributed by atoms with Gasteiger partial charge in [0.15, 0.2) is 4.21 Å². The Kier molecular flexibility index (Phi) is 5.59. The molecule has 1 fully saturated rings. The topological polar surface area (TPSA) is 82.3 Å². The molecule has 6 nitrogen and oxygen atoms in total. The van der Waals surface area contributed by atoms with E-state index in [-0.39, 0.29) is 15.1 Å². The Hall–Kier alpha value is -0.700. The minimum Gasteiger partial charge on any atom is -0.315 e. The average molecular weight is 333 g/mol. The molecule has 120 valence electrons. The number of aromatic amines is 1.